The SMILES string of the molecule is CSc1ncccc1C(=O)Nc1cc(F)ccc1C(=O)O. The quantitative estimate of drug-likeness (QED) is 0.849. The number of nitrogens with zero attached hydrogens (tertiary/aromatic N) is 1. The molecular weight excluding hydrogens is 295 g/mol. The molecule has 0 bridgehead atoms. The number of nitrogens with one attached hydrogen (secondary N) is 1. The van der Waals surface area contributed by atoms with Crippen LogP contribution in [0.4, 0.5) is 10.1 Å². The van der Waals surface area contributed by atoms with Crippen molar-refractivity contribution in [3.63, 3.8) is 0 Å². The number of benzene rings is 1. The Morgan fingerprint density at radius 2 is 2.05 bits per heavy atom. The van der Waals surface area contributed by atoms with Gasteiger partial charge in [-0.15, -0.1) is 11.8 Å². The number of carboxylic acids is 1. The van der Waals surface area contributed by atoms with Gasteiger partial charge < -0.3 is 10.4 Å². The zero-order chi connectivity index (χ0) is 15.4. The van der Waals surface area contributed by atoms with E-state index in [1.807, 2.05) is 0 Å². The van der Waals surface area contributed by atoms with Gasteiger partial charge in [0.15, 0.2) is 0 Å². The van der Waals surface area contributed by atoms with Crippen LogP contribution in [0.2, 0.25) is 0 Å². The number of carboxylic acid groups (broad SMARTS) is 1. The van der Waals surface area contributed by atoms with E-state index in [9.17, 15) is 14.0 Å². The molecule has 1 heterocycles. The van der Waals surface area contributed by atoms with Gasteiger partial charge in [0, 0.05) is 6.20 Å². The predicted octanol–water partition coefficient (Wildman–Crippen LogP) is 2.89. The van der Waals surface area contributed by atoms with E-state index in [-0.39, 0.29) is 11.3 Å². The Balaban J connectivity index is 2.36. The van der Waals surface area contributed by atoms with Gasteiger partial charge in [-0.3, -0.25) is 4.79 Å². The number of pyridine rings is 1. The largest absolute Gasteiger partial charge is 0.478 e. The highest BCUT2D eigenvalue weighted by Crippen LogP contribution is 2.21. The molecule has 21 heavy (non-hydrogen) atoms. The van der Waals surface area contributed by atoms with E-state index in [4.69, 9.17) is 5.11 Å². The van der Waals surface area contributed by atoms with E-state index in [0.29, 0.717) is 10.6 Å². The van der Waals surface area contributed by atoms with Crippen LogP contribution in [-0.4, -0.2) is 28.2 Å². The molecule has 7 heteroatoms. The van der Waals surface area contributed by atoms with Gasteiger partial charge in [-0.1, -0.05) is 0 Å². The fourth-order valence-corrected chi connectivity index (χ4v) is 2.27. The van der Waals surface area contributed by atoms with E-state index < -0.39 is 17.7 Å². The van der Waals surface area contributed by atoms with Gasteiger partial charge in [0.05, 0.1) is 16.8 Å². The Morgan fingerprint density at radius 3 is 2.71 bits per heavy atom. The summed E-state index contributed by atoms with van der Waals surface area (Å²) in [5.74, 6) is -2.42. The van der Waals surface area contributed by atoms with Gasteiger partial charge in [0.25, 0.3) is 5.91 Å². The van der Waals surface area contributed by atoms with Crippen LogP contribution in [0.3, 0.4) is 0 Å². The number of hydrogen-bond donors (Lipinski definition) is 2. The lowest BCUT2D eigenvalue weighted by atomic mass is 10.1. The summed E-state index contributed by atoms with van der Waals surface area (Å²) in [6.45, 7) is 0. The first-order valence-electron chi connectivity index (χ1n) is 5.86. The molecule has 0 unspecified atom stereocenters. The smallest absolute Gasteiger partial charge is 0.337 e. The number of carbonyl (C=O) groups excluding carboxylic acids is 1. The Bertz CT molecular complexity index is 706. The number of carbonyl (C=O) groups is 2. The van der Waals surface area contributed by atoms with Crippen molar-refractivity contribution in [2.45, 2.75) is 5.03 Å². The van der Waals surface area contributed by atoms with Crippen LogP contribution in [0.15, 0.2) is 41.6 Å². The number of amides is 1. The Morgan fingerprint density at radius 1 is 1.29 bits per heavy atom. The van der Waals surface area contributed by atoms with Crippen molar-refractivity contribution < 1.29 is 19.1 Å². The summed E-state index contributed by atoms with van der Waals surface area (Å²) in [7, 11) is 0. The van der Waals surface area contributed by atoms with E-state index in [1.54, 1.807) is 24.6 Å². The maximum atomic E-state index is 13.2. The zero-order valence-electron chi connectivity index (χ0n) is 11.0. The van der Waals surface area contributed by atoms with Crippen LogP contribution in [0, 0.1) is 5.82 Å². The summed E-state index contributed by atoms with van der Waals surface area (Å²) in [5, 5.41) is 12.0. The fourth-order valence-electron chi connectivity index (χ4n) is 1.72. The minimum Gasteiger partial charge on any atom is -0.478 e. The normalized spacial score (nSPS) is 10.2. The maximum absolute atomic E-state index is 13.2. The lowest BCUT2D eigenvalue weighted by Gasteiger charge is -2.10. The van der Waals surface area contributed by atoms with Gasteiger partial charge in [-0.2, -0.15) is 0 Å². The first-order chi connectivity index (χ1) is 10.0. The summed E-state index contributed by atoms with van der Waals surface area (Å²) in [4.78, 5) is 27.3. The molecule has 2 rings (SSSR count). The van der Waals surface area contributed by atoms with E-state index >= 15 is 0 Å². The summed E-state index contributed by atoms with van der Waals surface area (Å²) in [6.07, 6.45) is 3.32. The number of rotatable bonds is 4. The number of hydrogen-bond acceptors (Lipinski definition) is 4. The van der Waals surface area contributed by atoms with Crippen LogP contribution in [0.1, 0.15) is 20.7 Å². The molecule has 1 aromatic heterocycles. The molecule has 2 aromatic rings. The predicted molar refractivity (Wildman–Crippen MR) is 77.3 cm³/mol. The molecule has 0 spiro atoms. The van der Waals surface area contributed by atoms with Crippen LogP contribution >= 0.6 is 11.8 Å². The Kier molecular flexibility index (Phi) is 4.54. The van der Waals surface area contributed by atoms with Crippen LogP contribution in [-0.2, 0) is 0 Å². The average molecular weight is 306 g/mol. The number of halogens is 1. The molecular formula is C14H11FN2O3S. The third-order valence-electron chi connectivity index (χ3n) is 2.67. The molecule has 1 amide bonds. The highest BCUT2D eigenvalue weighted by molar-refractivity contribution is 7.98. The molecule has 1 aromatic carbocycles. The van der Waals surface area contributed by atoms with Crippen LogP contribution in [0.5, 0.6) is 0 Å². The number of anilines is 1. The molecule has 108 valence electrons. The maximum Gasteiger partial charge on any atom is 0.337 e. The van der Waals surface area contributed by atoms with Crippen molar-refractivity contribution in [1.82, 2.24) is 4.98 Å². The average Bonchev–Trinajstić information content (AvgIpc) is 2.46. The van der Waals surface area contributed by atoms with Gasteiger partial charge in [0.1, 0.15) is 10.8 Å². The standard InChI is InChI=1S/C14H11FN2O3S/c1-21-13-10(3-2-6-16-13)12(18)17-11-7-8(15)4-5-9(11)14(19)20/h2-7H,1H3,(H,17,18)(H,19,20). The van der Waals surface area contributed by atoms with Gasteiger partial charge >= 0.3 is 5.97 Å². The van der Waals surface area contributed by atoms with Crippen LogP contribution in [0.25, 0.3) is 0 Å². The van der Waals surface area contributed by atoms with E-state index in [1.165, 1.54) is 11.8 Å². The molecule has 5 nitrogen and oxygen atoms in total. The highest BCUT2D eigenvalue weighted by Gasteiger charge is 2.16. The van der Waals surface area contributed by atoms with Gasteiger partial charge in [0.2, 0.25) is 0 Å². The first kappa shape index (κ1) is 15.0. The monoisotopic (exact) mass is 306 g/mol. The molecule has 0 fully saturated rings. The Hall–Kier alpha value is -2.41. The number of aromatic carboxylic acids is 1. The van der Waals surface area contributed by atoms with E-state index in [0.717, 1.165) is 18.2 Å². The third kappa shape index (κ3) is 3.38. The second-order valence-electron chi connectivity index (χ2n) is 4.01. The van der Waals surface area contributed by atoms with Crippen molar-refractivity contribution in [2.75, 3.05) is 11.6 Å². The molecule has 0 aliphatic carbocycles. The molecule has 0 atom stereocenters. The van der Waals surface area contributed by atoms with Crippen molar-refractivity contribution in [3.8, 4) is 0 Å². The Labute approximate surface area is 124 Å². The molecule has 0 radical (unpaired) electrons. The minimum absolute atomic E-state index is 0.0941. The van der Waals surface area contributed by atoms with Crippen molar-refractivity contribution in [3.05, 3.63) is 53.5 Å². The molecule has 0 saturated heterocycles. The summed E-state index contributed by atoms with van der Waals surface area (Å²) >= 11 is 1.29. The number of thioether (sulfide) groups is 1. The second kappa shape index (κ2) is 6.36. The van der Waals surface area contributed by atoms with Gasteiger partial charge in [-0.05, 0) is 36.6 Å². The van der Waals surface area contributed by atoms with Crippen LogP contribution < -0.4 is 5.32 Å². The third-order valence-corrected chi connectivity index (χ3v) is 3.38. The molecule has 0 saturated carbocycles. The van der Waals surface area contributed by atoms with Gasteiger partial charge in [-0.25, -0.2) is 14.2 Å². The molecule has 0 aliphatic rings. The topological polar surface area (TPSA) is 79.3 Å². The van der Waals surface area contributed by atoms with Crippen molar-refractivity contribution in [1.29, 1.82) is 0 Å². The fraction of sp³-hybridized carbons (Fsp3) is 0.0714. The second-order valence-corrected chi connectivity index (χ2v) is 4.80. The summed E-state index contributed by atoms with van der Waals surface area (Å²) in [6, 6.07) is 6.26. The lowest BCUT2D eigenvalue weighted by Crippen LogP contribution is -2.16. The van der Waals surface area contributed by atoms with E-state index in [2.05, 4.69) is 10.3 Å². The highest BCUT2D eigenvalue weighted by atomic mass is 32.2. The molecule has 2 N–H and O–H groups in total. The van der Waals surface area contributed by atoms with Crippen molar-refractivity contribution >= 4 is 29.3 Å². The zero-order valence-corrected chi connectivity index (χ0v) is 11.8. The number of aromatic nitrogens is 1. The summed E-state index contributed by atoms with van der Waals surface area (Å²) in [5.41, 5.74) is 0.0216. The van der Waals surface area contributed by atoms with Crippen molar-refractivity contribution in [2.24, 2.45) is 0 Å². The molecule has 0 aliphatic heterocycles. The lowest BCUT2D eigenvalue weighted by molar-refractivity contribution is 0.0698. The first-order valence-corrected chi connectivity index (χ1v) is 7.08. The summed E-state index contributed by atoms with van der Waals surface area (Å²) < 4.78 is 13.2. The minimum atomic E-state index is -1.25.